The number of nitrogens with zero attached hydrogens (tertiary/aromatic N) is 2. The van der Waals surface area contributed by atoms with Gasteiger partial charge in [-0.25, -0.2) is 0 Å². The lowest BCUT2D eigenvalue weighted by Gasteiger charge is -2.15. The molecule has 0 bridgehead atoms. The molecule has 0 aliphatic heterocycles. The summed E-state index contributed by atoms with van der Waals surface area (Å²) in [6, 6.07) is 4.34. The van der Waals surface area contributed by atoms with E-state index in [1.807, 2.05) is 0 Å². The van der Waals surface area contributed by atoms with E-state index in [2.05, 4.69) is 5.10 Å². The molecule has 0 spiro atoms. The summed E-state index contributed by atoms with van der Waals surface area (Å²) >= 11 is 5.29. The summed E-state index contributed by atoms with van der Waals surface area (Å²) in [4.78, 5) is 11.7. The number of carbonyl (C=O) groups is 1. The molecule has 2 aromatic rings. The van der Waals surface area contributed by atoms with Gasteiger partial charge in [-0.05, 0) is 23.7 Å². The Morgan fingerprint density at radius 1 is 1.38 bits per heavy atom. The second-order valence-electron chi connectivity index (χ2n) is 3.97. The highest BCUT2D eigenvalue weighted by Gasteiger charge is 2.35. The average Bonchev–Trinajstić information content (AvgIpc) is 2.80. The van der Waals surface area contributed by atoms with Gasteiger partial charge >= 0.3 is 6.18 Å². The number of halogens is 4. The molecular weight excluding hydrogens is 313 g/mol. The lowest BCUT2D eigenvalue weighted by Crippen LogP contribution is -2.14. The Balaban J connectivity index is 2.37. The number of carbonyl (C=O) groups excluding carboxylic acids is 1. The first-order valence-electron chi connectivity index (χ1n) is 5.55. The van der Waals surface area contributed by atoms with Gasteiger partial charge < -0.3 is 9.94 Å². The molecule has 0 aliphatic rings. The summed E-state index contributed by atoms with van der Waals surface area (Å²) in [5.74, 6) is -0.0950. The number of rotatable bonds is 4. The number of benzene rings is 1. The van der Waals surface area contributed by atoms with Crippen LogP contribution in [0.5, 0.6) is 5.88 Å². The Bertz CT molecular complexity index is 670. The van der Waals surface area contributed by atoms with Crippen LogP contribution in [0.3, 0.4) is 0 Å². The van der Waals surface area contributed by atoms with Gasteiger partial charge in [0.1, 0.15) is 6.61 Å². The Morgan fingerprint density at radius 2 is 2.10 bits per heavy atom. The van der Waals surface area contributed by atoms with E-state index >= 15 is 0 Å². The van der Waals surface area contributed by atoms with E-state index in [1.54, 1.807) is 0 Å². The maximum Gasteiger partial charge on any atom is 0.416 e. The zero-order valence-electron chi connectivity index (χ0n) is 10.3. The second-order valence-corrected chi connectivity index (χ2v) is 4.31. The van der Waals surface area contributed by atoms with Gasteiger partial charge in [0.25, 0.3) is 5.24 Å². The summed E-state index contributed by atoms with van der Waals surface area (Å²) in [6.07, 6.45) is -3.52. The average molecular weight is 321 g/mol. The van der Waals surface area contributed by atoms with Crippen LogP contribution in [0.1, 0.15) is 21.5 Å². The molecule has 112 valence electrons. The second kappa shape index (κ2) is 5.65. The minimum atomic E-state index is -4.66. The van der Waals surface area contributed by atoms with Crippen molar-refractivity contribution in [3.63, 3.8) is 0 Å². The topological polar surface area (TPSA) is 64.3 Å². The highest BCUT2D eigenvalue weighted by Crippen LogP contribution is 2.34. The fourth-order valence-electron chi connectivity index (χ4n) is 1.71. The van der Waals surface area contributed by atoms with Crippen molar-refractivity contribution in [1.29, 1.82) is 0 Å². The first-order chi connectivity index (χ1) is 9.79. The van der Waals surface area contributed by atoms with Gasteiger partial charge in [-0.15, -0.1) is 4.85 Å². The van der Waals surface area contributed by atoms with Crippen LogP contribution in [0.15, 0.2) is 30.5 Å². The molecule has 1 aromatic heterocycles. The van der Waals surface area contributed by atoms with E-state index in [9.17, 15) is 18.0 Å². The Morgan fingerprint density at radius 3 is 2.62 bits per heavy atom. The van der Waals surface area contributed by atoms with Crippen molar-refractivity contribution in [2.24, 2.45) is 0 Å². The molecule has 5 nitrogen and oxygen atoms in total. The fraction of sp³-hybridized carbons (Fsp3) is 0.167. The van der Waals surface area contributed by atoms with Crippen LogP contribution < -0.4 is 4.74 Å². The molecule has 0 fully saturated rings. The molecule has 1 heterocycles. The molecule has 1 aromatic carbocycles. The lowest BCUT2D eigenvalue weighted by molar-refractivity contribution is -0.138. The molecule has 0 saturated heterocycles. The number of aromatic nitrogens is 2. The normalized spacial score (nSPS) is 11.4. The van der Waals surface area contributed by atoms with Crippen molar-refractivity contribution in [2.75, 3.05) is 0 Å². The molecule has 0 saturated carbocycles. The van der Waals surface area contributed by atoms with Gasteiger partial charge in [-0.2, -0.15) is 13.2 Å². The third-order valence-electron chi connectivity index (χ3n) is 2.61. The highest BCUT2D eigenvalue weighted by atomic mass is 35.5. The quantitative estimate of drug-likeness (QED) is 0.694. The van der Waals surface area contributed by atoms with Gasteiger partial charge in [0.15, 0.2) is 0 Å². The Hall–Kier alpha value is -2.22. The van der Waals surface area contributed by atoms with Crippen molar-refractivity contribution in [3.05, 3.63) is 47.2 Å². The number of hydrogen-bond donors (Lipinski definition) is 1. The van der Waals surface area contributed by atoms with Crippen molar-refractivity contribution in [2.45, 2.75) is 12.8 Å². The lowest BCUT2D eigenvalue weighted by atomic mass is 10.0. The van der Waals surface area contributed by atoms with Gasteiger partial charge in [-0.3, -0.25) is 4.79 Å². The van der Waals surface area contributed by atoms with E-state index in [0.29, 0.717) is 4.85 Å². The van der Waals surface area contributed by atoms with Crippen molar-refractivity contribution in [1.82, 2.24) is 9.94 Å². The van der Waals surface area contributed by atoms with Gasteiger partial charge in [0.2, 0.25) is 5.88 Å². The molecule has 0 unspecified atom stereocenters. The molecule has 0 atom stereocenters. The third-order valence-corrected chi connectivity index (χ3v) is 2.81. The maximum absolute atomic E-state index is 13.0. The first-order valence-corrected chi connectivity index (χ1v) is 5.93. The number of hydrogen-bond acceptors (Lipinski definition) is 4. The largest absolute Gasteiger partial charge is 0.472 e. The van der Waals surface area contributed by atoms with E-state index in [1.165, 1.54) is 12.1 Å². The molecule has 2 rings (SSSR count). The molecule has 0 aliphatic carbocycles. The minimum absolute atomic E-state index is 0.0950. The van der Waals surface area contributed by atoms with Crippen molar-refractivity contribution < 1.29 is 27.9 Å². The summed E-state index contributed by atoms with van der Waals surface area (Å²) in [5, 5.41) is 11.4. The molecule has 21 heavy (non-hydrogen) atoms. The summed E-state index contributed by atoms with van der Waals surface area (Å²) in [6.45, 7) is -0.569. The molecular formula is C12H8ClF3N2O3. The van der Waals surface area contributed by atoms with Crippen LogP contribution in [0.2, 0.25) is 0 Å². The first kappa shape index (κ1) is 15.2. The molecule has 9 heteroatoms. The fourth-order valence-corrected chi connectivity index (χ4v) is 1.89. The zero-order chi connectivity index (χ0) is 15.6. The van der Waals surface area contributed by atoms with E-state index in [4.69, 9.17) is 21.5 Å². The molecule has 1 N–H and O–H groups in total. The van der Waals surface area contributed by atoms with Crippen LogP contribution in [0.25, 0.3) is 0 Å². The third kappa shape index (κ3) is 3.46. The van der Waals surface area contributed by atoms with Crippen LogP contribution in [0.4, 0.5) is 13.2 Å². The van der Waals surface area contributed by atoms with Crippen LogP contribution in [-0.2, 0) is 12.8 Å². The highest BCUT2D eigenvalue weighted by molar-refractivity contribution is 6.67. The van der Waals surface area contributed by atoms with Gasteiger partial charge in [-0.1, -0.05) is 11.2 Å². The van der Waals surface area contributed by atoms with Crippen LogP contribution in [0, 0.1) is 0 Å². The van der Waals surface area contributed by atoms with Crippen LogP contribution >= 0.6 is 11.6 Å². The standard InChI is InChI=1S/C12H8ClF3N2O3/c13-11(19)7-2-1-3-9(12(14,15)16)8(7)6-21-10-4-5-18(20)17-10/h1-5,20H,6H2. The van der Waals surface area contributed by atoms with E-state index in [-0.39, 0.29) is 11.4 Å². The Labute approximate surface area is 121 Å². The van der Waals surface area contributed by atoms with Crippen molar-refractivity contribution in [3.8, 4) is 5.88 Å². The monoisotopic (exact) mass is 320 g/mol. The van der Waals surface area contributed by atoms with Crippen molar-refractivity contribution >= 4 is 16.8 Å². The van der Waals surface area contributed by atoms with Gasteiger partial charge in [0, 0.05) is 17.2 Å². The summed E-state index contributed by atoms with van der Waals surface area (Å²) in [7, 11) is 0. The minimum Gasteiger partial charge on any atom is -0.472 e. The predicted molar refractivity (Wildman–Crippen MR) is 65.4 cm³/mol. The smallest absolute Gasteiger partial charge is 0.416 e. The van der Waals surface area contributed by atoms with E-state index < -0.39 is 29.2 Å². The zero-order valence-corrected chi connectivity index (χ0v) is 11.0. The molecule has 0 radical (unpaired) electrons. The predicted octanol–water partition coefficient (Wildman–Crippen LogP) is 3.10. The van der Waals surface area contributed by atoms with E-state index in [0.717, 1.165) is 18.3 Å². The van der Waals surface area contributed by atoms with Crippen LogP contribution in [-0.4, -0.2) is 20.4 Å². The number of alkyl halides is 3. The molecule has 0 amide bonds. The SMILES string of the molecule is O=C(Cl)c1cccc(C(F)(F)F)c1COc1ccn(O)n1. The summed E-state index contributed by atoms with van der Waals surface area (Å²) in [5.41, 5.74) is -1.70. The summed E-state index contributed by atoms with van der Waals surface area (Å²) < 4.78 is 43.9. The number of ether oxygens (including phenoxy) is 1. The maximum atomic E-state index is 13.0. The Kier molecular flexibility index (Phi) is 4.08. The van der Waals surface area contributed by atoms with Gasteiger partial charge in [0.05, 0.1) is 11.8 Å².